The summed E-state index contributed by atoms with van der Waals surface area (Å²) >= 11 is 0. The number of aromatic hydroxyl groups is 1. The maximum atomic E-state index is 12.8. The number of H-pyrrole nitrogens is 1. The number of benzene rings is 4. The van der Waals surface area contributed by atoms with Gasteiger partial charge < -0.3 is 29.5 Å². The summed E-state index contributed by atoms with van der Waals surface area (Å²) in [5.74, 6) is -1.52. The van der Waals surface area contributed by atoms with Crippen molar-refractivity contribution in [1.29, 1.82) is 0 Å². The molecule has 0 fully saturated rings. The topological polar surface area (TPSA) is 173 Å². The molecule has 5 rings (SSSR count). The van der Waals surface area contributed by atoms with Gasteiger partial charge in [0.2, 0.25) is 5.91 Å². The van der Waals surface area contributed by atoms with Crippen molar-refractivity contribution in [2.45, 2.75) is 33.6 Å². The fraction of sp³-hybridized carbons (Fsp3) is 0.257. The van der Waals surface area contributed by atoms with Crippen LogP contribution in [0.1, 0.15) is 53.0 Å². The van der Waals surface area contributed by atoms with E-state index >= 15 is 0 Å². The van der Waals surface area contributed by atoms with E-state index < -0.39 is 17.8 Å². The maximum absolute atomic E-state index is 12.8. The van der Waals surface area contributed by atoms with Gasteiger partial charge in [0.15, 0.2) is 6.61 Å². The Morgan fingerprint density at radius 2 is 1.71 bits per heavy atom. The summed E-state index contributed by atoms with van der Waals surface area (Å²) in [7, 11) is 3.13. The molecule has 1 aromatic heterocycles. The first-order valence-corrected chi connectivity index (χ1v) is 15.1. The number of methoxy groups -OCH3 is 1. The number of ether oxygens (including phenoxy) is 3. The summed E-state index contributed by atoms with van der Waals surface area (Å²) in [5, 5.41) is 24.8. The maximum Gasteiger partial charge on any atom is 0.344 e. The third-order valence-corrected chi connectivity index (χ3v) is 7.40. The number of aromatic amines is 1. The first-order valence-electron chi connectivity index (χ1n) is 15.1. The average molecular weight is 656 g/mol. The van der Waals surface area contributed by atoms with Crippen LogP contribution < -0.4 is 15.0 Å². The first-order chi connectivity index (χ1) is 23.0. The number of esters is 2. The highest BCUT2D eigenvalue weighted by Gasteiger charge is 2.22. The lowest BCUT2D eigenvalue weighted by molar-refractivity contribution is -0.147. The largest absolute Gasteiger partial charge is 0.506 e. The minimum absolute atomic E-state index is 0.0928. The molecular weight excluding hydrogens is 618 g/mol. The normalized spacial score (nSPS) is 10.5. The lowest BCUT2D eigenvalue weighted by Crippen LogP contribution is -2.23. The number of unbranched alkanes of at least 4 members (excludes halogenated alkanes) is 1. The molecule has 0 atom stereocenters. The Morgan fingerprint density at radius 1 is 0.958 bits per heavy atom. The molecule has 0 saturated carbocycles. The molecule has 5 aromatic rings. The molecule has 0 bridgehead atoms. The van der Waals surface area contributed by atoms with Crippen LogP contribution in [0.4, 0.5) is 11.4 Å². The Bertz CT molecular complexity index is 1950. The molecule has 0 spiro atoms. The van der Waals surface area contributed by atoms with Crippen LogP contribution in [0.3, 0.4) is 0 Å². The minimum atomic E-state index is -0.595. The van der Waals surface area contributed by atoms with Crippen molar-refractivity contribution < 1.29 is 38.5 Å². The van der Waals surface area contributed by atoms with Crippen LogP contribution in [-0.4, -0.2) is 71.6 Å². The number of fused-ring (bicyclic) bond motifs is 2. The van der Waals surface area contributed by atoms with Crippen LogP contribution >= 0.6 is 0 Å². The van der Waals surface area contributed by atoms with Gasteiger partial charge in [-0.05, 0) is 55.3 Å². The lowest BCUT2D eigenvalue weighted by atomic mass is 10.0. The van der Waals surface area contributed by atoms with Crippen molar-refractivity contribution in [2.24, 2.45) is 0 Å². The number of aryl methyl sites for hydroxylation is 1. The van der Waals surface area contributed by atoms with Crippen molar-refractivity contribution in [3.8, 4) is 11.5 Å². The predicted octanol–water partition coefficient (Wildman–Crippen LogP) is 5.56. The second-order valence-corrected chi connectivity index (χ2v) is 10.7. The SMILES string of the molecule is CCCCOC(=O)COC(=O)c1ccc2n[nH]nc2c1.COc1cc(C(=O)Nc2ccccc2C)c(O)c2cccc(N(C)C(C)=O)c12. The fourth-order valence-electron chi connectivity index (χ4n) is 4.65. The van der Waals surface area contributed by atoms with Gasteiger partial charge in [0.25, 0.3) is 5.91 Å². The van der Waals surface area contributed by atoms with Crippen LogP contribution in [0.5, 0.6) is 11.5 Å². The van der Waals surface area contributed by atoms with Crippen LogP contribution in [0.15, 0.2) is 66.7 Å². The van der Waals surface area contributed by atoms with Crippen molar-refractivity contribution in [3.63, 3.8) is 0 Å². The minimum Gasteiger partial charge on any atom is -0.506 e. The molecule has 0 unspecified atom stereocenters. The van der Waals surface area contributed by atoms with Gasteiger partial charge in [-0.3, -0.25) is 9.59 Å². The van der Waals surface area contributed by atoms with E-state index in [1.165, 1.54) is 25.0 Å². The Labute approximate surface area is 276 Å². The Kier molecular flexibility index (Phi) is 11.6. The van der Waals surface area contributed by atoms with Crippen LogP contribution in [0, 0.1) is 6.92 Å². The lowest BCUT2D eigenvalue weighted by Gasteiger charge is -2.20. The number of phenolic OH excluding ortho intramolecular Hbond substituents is 1. The number of carbonyl (C=O) groups excluding carboxylic acids is 4. The van der Waals surface area contributed by atoms with Crippen LogP contribution in [0.25, 0.3) is 21.8 Å². The monoisotopic (exact) mass is 655 g/mol. The van der Waals surface area contributed by atoms with Gasteiger partial charge in [-0.25, -0.2) is 9.59 Å². The van der Waals surface area contributed by atoms with E-state index in [-0.39, 0.29) is 23.8 Å². The molecule has 0 aliphatic heterocycles. The van der Waals surface area contributed by atoms with Gasteiger partial charge in [-0.15, -0.1) is 0 Å². The highest BCUT2D eigenvalue weighted by atomic mass is 16.6. The van der Waals surface area contributed by atoms with E-state index in [2.05, 4.69) is 20.7 Å². The zero-order valence-corrected chi connectivity index (χ0v) is 27.3. The van der Waals surface area contributed by atoms with Crippen molar-refractivity contribution in [2.75, 3.05) is 37.6 Å². The Balaban J connectivity index is 0.000000229. The first kappa shape index (κ1) is 34.9. The molecule has 0 saturated heterocycles. The molecule has 0 aliphatic rings. The van der Waals surface area contributed by atoms with E-state index in [0.29, 0.717) is 51.1 Å². The molecule has 0 radical (unpaired) electrons. The summed E-state index contributed by atoms with van der Waals surface area (Å²) in [4.78, 5) is 49.2. The van der Waals surface area contributed by atoms with Gasteiger partial charge in [0.1, 0.15) is 22.5 Å². The number of carbonyl (C=O) groups is 4. The number of hydrogen-bond donors (Lipinski definition) is 3. The standard InChI is InChI=1S/C22H22N2O4.C13H15N3O4/c1-13-8-5-6-10-17(13)23-22(27)16-12-19(28-4)20-15(21(16)26)9-7-11-18(20)24(3)14(2)25;1-2-3-6-19-12(17)8-20-13(18)9-4-5-10-11(7-9)15-16-14-10/h5-12,26H,1-4H3,(H,23,27);4-5,7H,2-3,6,8H2,1H3,(H,14,15,16). The summed E-state index contributed by atoms with van der Waals surface area (Å²) < 4.78 is 15.2. The quantitative estimate of drug-likeness (QED) is 0.128. The van der Waals surface area contributed by atoms with Crippen LogP contribution in [-0.2, 0) is 19.1 Å². The molecule has 250 valence electrons. The van der Waals surface area contributed by atoms with Gasteiger partial charge >= 0.3 is 11.9 Å². The van der Waals surface area contributed by atoms with Gasteiger partial charge in [-0.1, -0.05) is 43.7 Å². The molecule has 13 heteroatoms. The number of rotatable bonds is 10. The number of nitrogens with zero attached hydrogens (tertiary/aromatic N) is 3. The number of hydrogen-bond acceptors (Lipinski definition) is 10. The molecule has 0 aliphatic carbocycles. The highest BCUT2D eigenvalue weighted by Crippen LogP contribution is 2.41. The molecule has 2 amide bonds. The molecule has 4 aromatic carbocycles. The number of amides is 2. The number of phenols is 1. The number of nitrogens with one attached hydrogen (secondary N) is 2. The average Bonchev–Trinajstić information content (AvgIpc) is 3.56. The van der Waals surface area contributed by atoms with Crippen molar-refractivity contribution >= 4 is 56.9 Å². The summed E-state index contributed by atoms with van der Waals surface area (Å²) in [6.45, 7) is 5.29. The molecule has 1 heterocycles. The van der Waals surface area contributed by atoms with E-state index in [4.69, 9.17) is 14.2 Å². The second kappa shape index (κ2) is 16.0. The smallest absolute Gasteiger partial charge is 0.344 e. The number of aromatic nitrogens is 3. The van der Waals surface area contributed by atoms with Gasteiger partial charge in [0.05, 0.1) is 35.9 Å². The molecule has 13 nitrogen and oxygen atoms in total. The zero-order valence-electron chi connectivity index (χ0n) is 27.3. The summed E-state index contributed by atoms with van der Waals surface area (Å²) in [6, 6.07) is 18.8. The number of anilines is 2. The fourth-order valence-corrected chi connectivity index (χ4v) is 4.65. The highest BCUT2D eigenvalue weighted by molar-refractivity contribution is 6.14. The van der Waals surface area contributed by atoms with Crippen LogP contribution in [0.2, 0.25) is 0 Å². The van der Waals surface area contributed by atoms with Gasteiger partial charge in [-0.2, -0.15) is 15.4 Å². The van der Waals surface area contributed by atoms with E-state index in [1.807, 2.05) is 32.0 Å². The Morgan fingerprint density at radius 3 is 2.42 bits per heavy atom. The van der Waals surface area contributed by atoms with Gasteiger partial charge in [0, 0.05) is 25.0 Å². The molecule has 48 heavy (non-hydrogen) atoms. The predicted molar refractivity (Wildman–Crippen MR) is 180 cm³/mol. The molecule has 3 N–H and O–H groups in total. The zero-order chi connectivity index (χ0) is 34.8. The summed E-state index contributed by atoms with van der Waals surface area (Å²) in [5.41, 5.74) is 3.78. The number of para-hydroxylation sites is 1. The summed E-state index contributed by atoms with van der Waals surface area (Å²) in [6.07, 6.45) is 1.73. The third kappa shape index (κ3) is 8.23. The van der Waals surface area contributed by atoms with E-state index in [9.17, 15) is 24.3 Å². The van der Waals surface area contributed by atoms with E-state index in [0.717, 1.165) is 18.4 Å². The third-order valence-electron chi connectivity index (χ3n) is 7.40. The second-order valence-electron chi connectivity index (χ2n) is 10.7. The van der Waals surface area contributed by atoms with E-state index in [1.54, 1.807) is 49.5 Å². The van der Waals surface area contributed by atoms with Crippen molar-refractivity contribution in [1.82, 2.24) is 15.4 Å². The van der Waals surface area contributed by atoms with Crippen molar-refractivity contribution in [3.05, 3.63) is 83.4 Å². The Hall–Kier alpha value is -5.98. The molecular formula is C35H37N5O8.